The normalized spacial score (nSPS) is 20.7. The van der Waals surface area contributed by atoms with Gasteiger partial charge in [0, 0.05) is 54.8 Å². The van der Waals surface area contributed by atoms with Gasteiger partial charge in [0.25, 0.3) is 0 Å². The van der Waals surface area contributed by atoms with Crippen LogP contribution >= 0.6 is 0 Å². The molecule has 0 unspecified atom stereocenters. The number of nitrogens with one attached hydrogen (secondary N) is 2. The summed E-state index contributed by atoms with van der Waals surface area (Å²) in [6.45, 7) is 3.12. The molecule has 180 valence electrons. The molecule has 10 heteroatoms. The summed E-state index contributed by atoms with van der Waals surface area (Å²) in [5.41, 5.74) is 8.41. The van der Waals surface area contributed by atoms with Crippen molar-refractivity contribution in [2.45, 2.75) is 19.3 Å². The number of amides is 1. The van der Waals surface area contributed by atoms with Gasteiger partial charge >= 0.3 is 0 Å². The van der Waals surface area contributed by atoms with Gasteiger partial charge in [-0.3, -0.25) is 4.79 Å². The van der Waals surface area contributed by atoms with Crippen molar-refractivity contribution in [2.75, 3.05) is 48.9 Å². The number of aromatic nitrogens is 3. The predicted molar refractivity (Wildman–Crippen MR) is 135 cm³/mol. The van der Waals surface area contributed by atoms with E-state index < -0.39 is 0 Å². The molecule has 0 aromatic carbocycles. The van der Waals surface area contributed by atoms with Crippen molar-refractivity contribution >= 4 is 45.7 Å². The van der Waals surface area contributed by atoms with Crippen molar-refractivity contribution < 1.29 is 9.53 Å². The molecule has 3 aromatic rings. The summed E-state index contributed by atoms with van der Waals surface area (Å²) in [7, 11) is 1.80. The van der Waals surface area contributed by atoms with E-state index in [0.717, 1.165) is 48.8 Å². The van der Waals surface area contributed by atoms with E-state index in [1.54, 1.807) is 25.6 Å². The number of ether oxygens (including phenoxy) is 1. The monoisotopic (exact) mass is 472 g/mol. The van der Waals surface area contributed by atoms with Crippen molar-refractivity contribution in [2.24, 2.45) is 22.1 Å². The van der Waals surface area contributed by atoms with Crippen LogP contribution in [0.2, 0.25) is 0 Å². The molecule has 6 rings (SSSR count). The average molecular weight is 473 g/mol. The minimum Gasteiger partial charge on any atom is -0.383 e. The summed E-state index contributed by atoms with van der Waals surface area (Å²) < 4.78 is 5.42. The quantitative estimate of drug-likeness (QED) is 0.369. The summed E-state index contributed by atoms with van der Waals surface area (Å²) in [6, 6.07) is 5.68. The van der Waals surface area contributed by atoms with Crippen molar-refractivity contribution in [3.05, 3.63) is 42.4 Å². The van der Waals surface area contributed by atoms with E-state index >= 15 is 0 Å². The fraction of sp³-hybridized carbons (Fsp3) is 0.400. The molecule has 2 aliphatic carbocycles. The molecule has 4 heterocycles. The highest BCUT2D eigenvalue weighted by Crippen LogP contribution is 2.70. The number of carbonyl (C=O) groups is 1. The third kappa shape index (κ3) is 4.14. The number of hydrogen-bond acceptors (Lipinski definition) is 8. The highest BCUT2D eigenvalue weighted by atomic mass is 16.5. The van der Waals surface area contributed by atoms with Gasteiger partial charge < -0.3 is 26.0 Å². The molecule has 2 saturated carbocycles. The van der Waals surface area contributed by atoms with Crippen LogP contribution in [-0.2, 0) is 9.53 Å². The number of fused-ring (bicyclic) bond motifs is 1. The second kappa shape index (κ2) is 8.46. The molecule has 3 aromatic heterocycles. The van der Waals surface area contributed by atoms with Crippen LogP contribution in [0.1, 0.15) is 24.8 Å². The zero-order valence-electron chi connectivity index (χ0n) is 19.6. The number of nitrogens with two attached hydrogens (primary N) is 1. The first-order chi connectivity index (χ1) is 17.1. The maximum Gasteiger partial charge on any atom is 0.229 e. The molecule has 1 atom stereocenters. The lowest BCUT2D eigenvalue weighted by atomic mass is 10.1. The number of amidine groups is 1. The first kappa shape index (κ1) is 21.7. The third-order valence-electron chi connectivity index (χ3n) is 7.28. The standard InChI is InChI=1S/C25H28N8O2/c1-27-23-18-14-29-21(32-24(34)19-11-25(19)4-5-25)10-16(18)17(13-30-23)22(26)31-20-3-2-15(12-28-20)33-6-8-35-9-7-33/h2-3,10,12-14,19H,4-9,11H2,1H3,(H,27,30)(H2,26,28,31)(H,29,32,34)/t19-/m0/s1. The molecule has 1 spiro atoms. The van der Waals surface area contributed by atoms with Gasteiger partial charge in [0.15, 0.2) is 5.82 Å². The Morgan fingerprint density at radius 3 is 2.66 bits per heavy atom. The van der Waals surface area contributed by atoms with Crippen LogP contribution in [0.4, 0.5) is 23.1 Å². The van der Waals surface area contributed by atoms with Crippen molar-refractivity contribution in [3.63, 3.8) is 0 Å². The van der Waals surface area contributed by atoms with E-state index in [-0.39, 0.29) is 17.2 Å². The maximum atomic E-state index is 12.6. The van der Waals surface area contributed by atoms with Crippen molar-refractivity contribution in [1.82, 2.24) is 15.0 Å². The molecule has 0 radical (unpaired) electrons. The fourth-order valence-electron chi connectivity index (χ4n) is 4.89. The van der Waals surface area contributed by atoms with E-state index in [1.165, 1.54) is 0 Å². The van der Waals surface area contributed by atoms with Gasteiger partial charge in [0.1, 0.15) is 17.5 Å². The Hall–Kier alpha value is -3.79. The number of pyridine rings is 3. The van der Waals surface area contributed by atoms with Gasteiger partial charge in [-0.2, -0.15) is 0 Å². The smallest absolute Gasteiger partial charge is 0.229 e. The molecule has 0 bridgehead atoms. The topological polar surface area (TPSA) is 131 Å². The van der Waals surface area contributed by atoms with Crippen LogP contribution in [0, 0.1) is 11.3 Å². The highest BCUT2D eigenvalue weighted by Gasteiger charge is 2.65. The minimum atomic E-state index is 0.0463. The molecule has 3 fully saturated rings. The number of rotatable bonds is 6. The van der Waals surface area contributed by atoms with Crippen LogP contribution in [0.3, 0.4) is 0 Å². The molecule has 35 heavy (non-hydrogen) atoms. The van der Waals surface area contributed by atoms with E-state index in [2.05, 4.69) is 35.5 Å². The van der Waals surface area contributed by atoms with Crippen molar-refractivity contribution in [1.29, 1.82) is 0 Å². The third-order valence-corrected chi connectivity index (χ3v) is 7.28. The molecule has 1 saturated heterocycles. The Morgan fingerprint density at radius 1 is 1.14 bits per heavy atom. The van der Waals surface area contributed by atoms with Crippen LogP contribution in [0.15, 0.2) is 41.8 Å². The Morgan fingerprint density at radius 2 is 1.97 bits per heavy atom. The highest BCUT2D eigenvalue weighted by molar-refractivity contribution is 6.12. The minimum absolute atomic E-state index is 0.0463. The zero-order valence-corrected chi connectivity index (χ0v) is 19.6. The van der Waals surface area contributed by atoms with Crippen molar-refractivity contribution in [3.8, 4) is 0 Å². The van der Waals surface area contributed by atoms with Crippen LogP contribution < -0.4 is 21.3 Å². The summed E-state index contributed by atoms with van der Waals surface area (Å²) in [4.78, 5) is 32.8. The molecule has 3 aliphatic rings. The number of aliphatic imine (C=N–C) groups is 1. The van der Waals surface area contributed by atoms with Gasteiger partial charge in [-0.1, -0.05) is 0 Å². The molecular weight excluding hydrogens is 444 g/mol. The van der Waals surface area contributed by atoms with E-state index in [4.69, 9.17) is 10.5 Å². The lowest BCUT2D eigenvalue weighted by Gasteiger charge is -2.28. The number of morpholine rings is 1. The number of anilines is 3. The Bertz CT molecular complexity index is 1310. The Kier molecular flexibility index (Phi) is 5.25. The molecule has 10 nitrogen and oxygen atoms in total. The summed E-state index contributed by atoms with van der Waals surface area (Å²) in [5.74, 6) is 2.14. The van der Waals surface area contributed by atoms with Gasteiger partial charge in [-0.25, -0.2) is 19.9 Å². The second-order valence-electron chi connectivity index (χ2n) is 9.47. The number of hydrogen-bond donors (Lipinski definition) is 3. The van der Waals surface area contributed by atoms with Crippen LogP contribution in [0.5, 0.6) is 0 Å². The fourth-order valence-corrected chi connectivity index (χ4v) is 4.89. The SMILES string of the molecule is CNc1ncc(C(N)=Nc2ccc(N3CCOCC3)cn2)c2cc(NC(=O)[C@@H]3CC34CC4)ncc12. The van der Waals surface area contributed by atoms with Gasteiger partial charge in [-0.15, -0.1) is 0 Å². The summed E-state index contributed by atoms with van der Waals surface area (Å²) in [5, 5.41) is 7.67. The maximum absolute atomic E-state index is 12.6. The van der Waals surface area contributed by atoms with E-state index in [1.807, 2.05) is 18.2 Å². The zero-order chi connectivity index (χ0) is 24.0. The Balaban J connectivity index is 1.28. The molecular formula is C25H28N8O2. The largest absolute Gasteiger partial charge is 0.383 e. The molecule has 1 aliphatic heterocycles. The number of nitrogens with zero attached hydrogens (tertiary/aromatic N) is 5. The average Bonchev–Trinajstić information content (AvgIpc) is 3.82. The van der Waals surface area contributed by atoms with E-state index in [0.29, 0.717) is 42.1 Å². The Labute approximate surface area is 203 Å². The van der Waals surface area contributed by atoms with Crippen LogP contribution in [0.25, 0.3) is 10.8 Å². The van der Waals surface area contributed by atoms with Gasteiger partial charge in [0.2, 0.25) is 5.91 Å². The molecule has 1 amide bonds. The van der Waals surface area contributed by atoms with Crippen LogP contribution in [-0.4, -0.2) is 60.0 Å². The summed E-state index contributed by atoms with van der Waals surface area (Å²) >= 11 is 0. The lowest BCUT2D eigenvalue weighted by molar-refractivity contribution is -0.117. The summed E-state index contributed by atoms with van der Waals surface area (Å²) in [6.07, 6.45) is 8.50. The second-order valence-corrected chi connectivity index (χ2v) is 9.47. The first-order valence-electron chi connectivity index (χ1n) is 12.0. The number of carbonyl (C=O) groups excluding carboxylic acids is 1. The lowest BCUT2D eigenvalue weighted by Crippen LogP contribution is -2.36. The van der Waals surface area contributed by atoms with Gasteiger partial charge in [0.05, 0.1) is 25.1 Å². The molecule has 4 N–H and O–H groups in total. The predicted octanol–water partition coefficient (Wildman–Crippen LogP) is 2.68. The first-order valence-corrected chi connectivity index (χ1v) is 12.0. The van der Waals surface area contributed by atoms with Gasteiger partial charge in [-0.05, 0) is 42.9 Å². The van der Waals surface area contributed by atoms with E-state index in [9.17, 15) is 4.79 Å².